The minimum absolute atomic E-state index is 0.0230. The monoisotopic (exact) mass is 488 g/mol. The maximum Gasteiger partial charge on any atom is 0.337 e. The van der Waals surface area contributed by atoms with Crippen LogP contribution in [0.25, 0.3) is 0 Å². The first-order valence-electron chi connectivity index (χ1n) is 9.89. The van der Waals surface area contributed by atoms with Gasteiger partial charge in [-0.2, -0.15) is 0 Å². The van der Waals surface area contributed by atoms with Crippen molar-refractivity contribution in [1.29, 1.82) is 0 Å². The zero-order chi connectivity index (χ0) is 24.0. The van der Waals surface area contributed by atoms with Crippen LogP contribution in [0.15, 0.2) is 54.6 Å². The summed E-state index contributed by atoms with van der Waals surface area (Å²) < 4.78 is 11.0. The maximum absolute atomic E-state index is 12.2. The van der Waals surface area contributed by atoms with Crippen LogP contribution in [0.2, 0.25) is 10.0 Å². The van der Waals surface area contributed by atoms with Crippen molar-refractivity contribution in [3.8, 4) is 11.5 Å². The number of anilines is 2. The van der Waals surface area contributed by atoms with Gasteiger partial charge in [0.05, 0.1) is 17.7 Å². The summed E-state index contributed by atoms with van der Waals surface area (Å²) in [6, 6.07) is 15.3. The number of hydrogen-bond acceptors (Lipinski definition) is 5. The van der Waals surface area contributed by atoms with E-state index in [9.17, 15) is 9.59 Å². The number of ether oxygens (including phenoxy) is 2. The molecule has 3 aromatic carbocycles. The molecule has 3 aromatic rings. The van der Waals surface area contributed by atoms with E-state index in [2.05, 4.69) is 10.6 Å². The van der Waals surface area contributed by atoms with E-state index in [-0.39, 0.29) is 23.1 Å². The van der Waals surface area contributed by atoms with E-state index in [1.54, 1.807) is 18.2 Å². The second-order valence-electron chi connectivity index (χ2n) is 7.15. The van der Waals surface area contributed by atoms with E-state index in [1.807, 2.05) is 31.2 Å². The lowest BCUT2D eigenvalue weighted by molar-refractivity contribution is -0.118. The first kappa shape index (κ1) is 24.2. The van der Waals surface area contributed by atoms with Crippen LogP contribution in [-0.2, 0) is 11.3 Å². The number of hydrogen-bond donors (Lipinski definition) is 3. The highest BCUT2D eigenvalue weighted by atomic mass is 35.5. The zero-order valence-corrected chi connectivity index (χ0v) is 19.5. The lowest BCUT2D eigenvalue weighted by atomic mass is 10.1. The minimum Gasteiger partial charge on any atom is -0.493 e. The van der Waals surface area contributed by atoms with E-state index in [0.717, 1.165) is 5.56 Å². The van der Waals surface area contributed by atoms with Gasteiger partial charge in [0.25, 0.3) is 5.91 Å². The number of nitrogens with one attached hydrogen (secondary N) is 2. The van der Waals surface area contributed by atoms with E-state index in [1.165, 1.54) is 19.2 Å². The van der Waals surface area contributed by atoms with Gasteiger partial charge in [-0.25, -0.2) is 4.79 Å². The van der Waals surface area contributed by atoms with Crippen LogP contribution in [0.4, 0.5) is 11.4 Å². The number of carbonyl (C=O) groups is 2. The summed E-state index contributed by atoms with van der Waals surface area (Å²) in [7, 11) is 1.49. The third kappa shape index (κ3) is 6.54. The van der Waals surface area contributed by atoms with Gasteiger partial charge in [0.2, 0.25) is 0 Å². The van der Waals surface area contributed by atoms with Crippen molar-refractivity contribution in [2.45, 2.75) is 13.5 Å². The predicted molar refractivity (Wildman–Crippen MR) is 129 cm³/mol. The van der Waals surface area contributed by atoms with Crippen molar-refractivity contribution < 1.29 is 24.2 Å². The van der Waals surface area contributed by atoms with Gasteiger partial charge in [0.1, 0.15) is 0 Å². The molecular formula is C24H22Cl2N2O5. The minimum atomic E-state index is -1.09. The Labute approximate surface area is 201 Å². The van der Waals surface area contributed by atoms with Crippen molar-refractivity contribution in [1.82, 2.24) is 0 Å². The van der Waals surface area contributed by atoms with Gasteiger partial charge >= 0.3 is 5.97 Å². The molecule has 0 atom stereocenters. The molecule has 0 saturated carbocycles. The zero-order valence-electron chi connectivity index (χ0n) is 17.9. The number of amides is 1. The summed E-state index contributed by atoms with van der Waals surface area (Å²) in [5.41, 5.74) is 3.14. The molecule has 33 heavy (non-hydrogen) atoms. The van der Waals surface area contributed by atoms with Gasteiger partial charge in [0, 0.05) is 29.0 Å². The molecule has 7 nitrogen and oxygen atoms in total. The summed E-state index contributed by atoms with van der Waals surface area (Å²) in [6.45, 7) is 2.08. The average Bonchev–Trinajstić information content (AvgIpc) is 2.78. The molecule has 0 fully saturated rings. The number of halogens is 2. The van der Waals surface area contributed by atoms with Crippen LogP contribution >= 0.6 is 23.2 Å². The molecule has 0 radical (unpaired) electrons. The Bertz CT molecular complexity index is 1170. The Hall–Kier alpha value is -3.42. The highest BCUT2D eigenvalue weighted by Crippen LogP contribution is 2.34. The Morgan fingerprint density at radius 1 is 0.939 bits per heavy atom. The quantitative estimate of drug-likeness (QED) is 0.360. The standard InChI is InChI=1S/C24H22Cl2N2O5/c1-14-3-5-16(6-4-14)28-23(29)13-33-22-11-19(25)15(9-21(22)32-2)12-27-17-7-8-18(24(30)31)20(26)10-17/h3-11,27H,12-13H2,1-2H3,(H,28,29)(H,30,31). The number of carboxylic acid groups (broad SMARTS) is 1. The van der Waals surface area contributed by atoms with Gasteiger partial charge in [-0.15, -0.1) is 0 Å². The van der Waals surface area contributed by atoms with E-state index in [0.29, 0.717) is 40.0 Å². The summed E-state index contributed by atoms with van der Waals surface area (Å²) in [6.07, 6.45) is 0. The molecule has 0 aliphatic carbocycles. The lowest BCUT2D eigenvalue weighted by Gasteiger charge is -2.15. The smallest absolute Gasteiger partial charge is 0.337 e. The molecule has 0 aliphatic rings. The number of aromatic carboxylic acids is 1. The normalized spacial score (nSPS) is 10.4. The fourth-order valence-electron chi connectivity index (χ4n) is 2.96. The molecule has 0 aliphatic heterocycles. The Kier molecular flexibility index (Phi) is 8.03. The topological polar surface area (TPSA) is 96.9 Å². The molecule has 0 heterocycles. The molecule has 0 spiro atoms. The van der Waals surface area contributed by atoms with Crippen LogP contribution in [0.1, 0.15) is 21.5 Å². The molecule has 0 aromatic heterocycles. The SMILES string of the molecule is COc1cc(CNc2ccc(C(=O)O)c(Cl)c2)c(Cl)cc1OCC(=O)Nc1ccc(C)cc1. The maximum atomic E-state index is 12.2. The van der Waals surface area contributed by atoms with Crippen LogP contribution in [-0.4, -0.2) is 30.7 Å². The molecule has 9 heteroatoms. The molecule has 3 rings (SSSR count). The summed E-state index contributed by atoms with van der Waals surface area (Å²) in [4.78, 5) is 23.3. The summed E-state index contributed by atoms with van der Waals surface area (Å²) >= 11 is 12.4. The van der Waals surface area contributed by atoms with E-state index < -0.39 is 5.97 Å². The van der Waals surface area contributed by atoms with Crippen LogP contribution in [0.3, 0.4) is 0 Å². The first-order valence-corrected chi connectivity index (χ1v) is 10.6. The summed E-state index contributed by atoms with van der Waals surface area (Å²) in [5.74, 6) is -0.662. The summed E-state index contributed by atoms with van der Waals surface area (Å²) in [5, 5.41) is 15.5. The van der Waals surface area contributed by atoms with Gasteiger partial charge < -0.3 is 25.2 Å². The van der Waals surface area contributed by atoms with Gasteiger partial charge in [0.15, 0.2) is 18.1 Å². The fourth-order valence-corrected chi connectivity index (χ4v) is 3.44. The average molecular weight is 489 g/mol. The largest absolute Gasteiger partial charge is 0.493 e. The lowest BCUT2D eigenvalue weighted by Crippen LogP contribution is -2.20. The molecule has 0 bridgehead atoms. The molecule has 3 N–H and O–H groups in total. The van der Waals surface area contributed by atoms with Gasteiger partial charge in [-0.3, -0.25) is 4.79 Å². The second kappa shape index (κ2) is 10.9. The van der Waals surface area contributed by atoms with E-state index in [4.69, 9.17) is 37.8 Å². The molecule has 0 saturated heterocycles. The third-order valence-corrected chi connectivity index (χ3v) is 5.37. The first-order chi connectivity index (χ1) is 15.8. The van der Waals surface area contributed by atoms with E-state index >= 15 is 0 Å². The van der Waals surface area contributed by atoms with Gasteiger partial charge in [-0.1, -0.05) is 40.9 Å². The van der Waals surface area contributed by atoms with Crippen molar-refractivity contribution in [3.63, 3.8) is 0 Å². The Morgan fingerprint density at radius 3 is 2.27 bits per heavy atom. The van der Waals surface area contributed by atoms with Crippen molar-refractivity contribution in [3.05, 3.63) is 81.3 Å². The Morgan fingerprint density at radius 2 is 1.64 bits per heavy atom. The van der Waals surface area contributed by atoms with Crippen LogP contribution in [0.5, 0.6) is 11.5 Å². The van der Waals surface area contributed by atoms with Gasteiger partial charge in [-0.05, 0) is 48.9 Å². The third-order valence-electron chi connectivity index (χ3n) is 4.71. The predicted octanol–water partition coefficient (Wildman–Crippen LogP) is 5.64. The number of benzene rings is 3. The highest BCUT2D eigenvalue weighted by molar-refractivity contribution is 6.33. The Balaban J connectivity index is 1.64. The van der Waals surface area contributed by atoms with Crippen LogP contribution < -0.4 is 20.1 Å². The number of aryl methyl sites for hydroxylation is 1. The van der Waals surface area contributed by atoms with Crippen molar-refractivity contribution in [2.24, 2.45) is 0 Å². The molecule has 0 unspecified atom stereocenters. The van der Waals surface area contributed by atoms with Crippen LogP contribution in [0, 0.1) is 6.92 Å². The highest BCUT2D eigenvalue weighted by Gasteiger charge is 2.14. The molecule has 172 valence electrons. The van der Waals surface area contributed by atoms with Crippen molar-refractivity contribution in [2.75, 3.05) is 24.4 Å². The second-order valence-corrected chi connectivity index (χ2v) is 7.97. The number of methoxy groups -OCH3 is 1. The van der Waals surface area contributed by atoms with Crippen molar-refractivity contribution >= 4 is 46.5 Å². The number of carboxylic acids is 1. The number of carbonyl (C=O) groups excluding carboxylic acids is 1. The fraction of sp³-hybridized carbons (Fsp3) is 0.167. The molecule has 1 amide bonds. The molecular weight excluding hydrogens is 467 g/mol. The number of rotatable bonds is 9.